The van der Waals surface area contributed by atoms with Crippen molar-refractivity contribution in [3.8, 4) is 34.4 Å². The molecular weight excluding hydrogens is 504 g/mol. The second-order valence-corrected chi connectivity index (χ2v) is 10.3. The Labute approximate surface area is 235 Å². The summed E-state index contributed by atoms with van der Waals surface area (Å²) in [6.07, 6.45) is 2.21. The highest BCUT2D eigenvalue weighted by Gasteiger charge is 2.22. The SMILES string of the molecule is CCCCn1c(-c2ccccc2)nc(CNC)c1CN(Cc1ccc2c(c1)OCO2)Cc1ccc2c(c1)OCO2. The Morgan fingerprint density at radius 1 is 0.800 bits per heavy atom. The minimum absolute atomic E-state index is 0.270. The van der Waals surface area contributed by atoms with E-state index in [4.69, 9.17) is 23.9 Å². The molecular formula is C32H36N4O4. The second kappa shape index (κ2) is 12.0. The number of hydrogen-bond donors (Lipinski definition) is 1. The third kappa shape index (κ3) is 5.64. The van der Waals surface area contributed by atoms with Gasteiger partial charge in [-0.15, -0.1) is 0 Å². The zero-order chi connectivity index (χ0) is 27.3. The number of imidazole rings is 1. The highest BCUT2D eigenvalue weighted by atomic mass is 16.7. The Morgan fingerprint density at radius 3 is 2.02 bits per heavy atom. The molecule has 8 nitrogen and oxygen atoms in total. The van der Waals surface area contributed by atoms with Crippen molar-refractivity contribution in [3.05, 3.63) is 89.2 Å². The molecule has 2 aliphatic rings. The number of aromatic nitrogens is 2. The van der Waals surface area contributed by atoms with Crippen LogP contribution in [-0.2, 0) is 32.7 Å². The maximum Gasteiger partial charge on any atom is 0.231 e. The molecule has 1 aromatic heterocycles. The van der Waals surface area contributed by atoms with E-state index in [9.17, 15) is 0 Å². The van der Waals surface area contributed by atoms with Crippen molar-refractivity contribution in [2.45, 2.75) is 52.5 Å². The lowest BCUT2D eigenvalue weighted by Gasteiger charge is -2.25. The summed E-state index contributed by atoms with van der Waals surface area (Å²) < 4.78 is 24.9. The summed E-state index contributed by atoms with van der Waals surface area (Å²) in [6, 6.07) is 22.9. The molecule has 208 valence electrons. The third-order valence-corrected chi connectivity index (χ3v) is 7.33. The third-order valence-electron chi connectivity index (χ3n) is 7.33. The quantitative estimate of drug-likeness (QED) is 0.246. The molecule has 0 spiro atoms. The molecule has 0 saturated heterocycles. The fraction of sp³-hybridized carbons (Fsp3) is 0.344. The maximum atomic E-state index is 5.68. The van der Waals surface area contributed by atoms with Crippen LogP contribution < -0.4 is 24.3 Å². The van der Waals surface area contributed by atoms with E-state index >= 15 is 0 Å². The van der Waals surface area contributed by atoms with Gasteiger partial charge in [-0.1, -0.05) is 55.8 Å². The van der Waals surface area contributed by atoms with Crippen LogP contribution in [0, 0.1) is 0 Å². The molecule has 0 atom stereocenters. The number of nitrogens with one attached hydrogen (secondary N) is 1. The molecule has 0 unspecified atom stereocenters. The molecule has 3 heterocycles. The topological polar surface area (TPSA) is 70.0 Å². The molecule has 3 aromatic carbocycles. The van der Waals surface area contributed by atoms with Gasteiger partial charge in [0.05, 0.1) is 11.4 Å². The van der Waals surface area contributed by atoms with Crippen LogP contribution in [0.15, 0.2) is 66.7 Å². The fourth-order valence-corrected chi connectivity index (χ4v) is 5.36. The molecule has 40 heavy (non-hydrogen) atoms. The molecule has 0 aliphatic carbocycles. The van der Waals surface area contributed by atoms with Crippen molar-refractivity contribution in [1.82, 2.24) is 19.8 Å². The monoisotopic (exact) mass is 540 g/mol. The van der Waals surface area contributed by atoms with Crippen LogP contribution in [0.2, 0.25) is 0 Å². The predicted octanol–water partition coefficient (Wildman–Crippen LogP) is 5.73. The van der Waals surface area contributed by atoms with Crippen molar-refractivity contribution in [2.75, 3.05) is 20.6 Å². The van der Waals surface area contributed by atoms with Gasteiger partial charge in [-0.25, -0.2) is 4.98 Å². The summed E-state index contributed by atoms with van der Waals surface area (Å²) in [5.41, 5.74) is 5.80. The molecule has 0 fully saturated rings. The Hall–Kier alpha value is -4.01. The first-order chi connectivity index (χ1) is 19.7. The molecule has 2 aliphatic heterocycles. The molecule has 0 amide bonds. The maximum absolute atomic E-state index is 5.68. The van der Waals surface area contributed by atoms with E-state index in [-0.39, 0.29) is 13.6 Å². The van der Waals surface area contributed by atoms with Gasteiger partial charge in [0, 0.05) is 38.3 Å². The van der Waals surface area contributed by atoms with E-state index in [1.165, 1.54) is 16.8 Å². The van der Waals surface area contributed by atoms with Gasteiger partial charge >= 0.3 is 0 Å². The molecule has 1 N–H and O–H groups in total. The first-order valence-corrected chi connectivity index (χ1v) is 14.0. The second-order valence-electron chi connectivity index (χ2n) is 10.3. The van der Waals surface area contributed by atoms with Gasteiger partial charge in [0.2, 0.25) is 13.6 Å². The number of unbranched alkanes of at least 4 members (excludes halogenated alkanes) is 1. The van der Waals surface area contributed by atoms with Gasteiger partial charge in [0.1, 0.15) is 5.82 Å². The van der Waals surface area contributed by atoms with Gasteiger partial charge in [-0.2, -0.15) is 0 Å². The van der Waals surface area contributed by atoms with Crippen LogP contribution in [0.1, 0.15) is 42.3 Å². The van der Waals surface area contributed by atoms with E-state index in [0.29, 0.717) is 6.54 Å². The lowest BCUT2D eigenvalue weighted by Crippen LogP contribution is -2.25. The molecule has 0 saturated carbocycles. The summed E-state index contributed by atoms with van der Waals surface area (Å²) in [5, 5.41) is 3.35. The molecule has 0 bridgehead atoms. The Bertz CT molecular complexity index is 1390. The van der Waals surface area contributed by atoms with E-state index < -0.39 is 0 Å². The molecule has 8 heteroatoms. The van der Waals surface area contributed by atoms with E-state index in [1.54, 1.807) is 0 Å². The summed E-state index contributed by atoms with van der Waals surface area (Å²) >= 11 is 0. The van der Waals surface area contributed by atoms with Crippen LogP contribution in [0.25, 0.3) is 11.4 Å². The summed E-state index contributed by atoms with van der Waals surface area (Å²) in [7, 11) is 1.98. The number of benzene rings is 3. The highest BCUT2D eigenvalue weighted by molar-refractivity contribution is 5.57. The van der Waals surface area contributed by atoms with Crippen LogP contribution in [0.5, 0.6) is 23.0 Å². The van der Waals surface area contributed by atoms with Gasteiger partial charge in [0.15, 0.2) is 23.0 Å². The van der Waals surface area contributed by atoms with E-state index in [1.807, 2.05) is 19.2 Å². The van der Waals surface area contributed by atoms with Crippen molar-refractivity contribution in [2.24, 2.45) is 0 Å². The van der Waals surface area contributed by atoms with Crippen molar-refractivity contribution < 1.29 is 18.9 Å². The van der Waals surface area contributed by atoms with Crippen molar-refractivity contribution in [1.29, 1.82) is 0 Å². The Morgan fingerprint density at radius 2 is 1.43 bits per heavy atom. The average molecular weight is 541 g/mol. The highest BCUT2D eigenvalue weighted by Crippen LogP contribution is 2.35. The first kappa shape index (κ1) is 26.2. The largest absolute Gasteiger partial charge is 0.454 e. The van der Waals surface area contributed by atoms with Crippen LogP contribution in [-0.4, -0.2) is 35.1 Å². The molecule has 4 aromatic rings. The molecule has 6 rings (SSSR count). The smallest absolute Gasteiger partial charge is 0.231 e. The predicted molar refractivity (Wildman–Crippen MR) is 153 cm³/mol. The summed E-state index contributed by atoms with van der Waals surface area (Å²) in [4.78, 5) is 7.65. The van der Waals surface area contributed by atoms with Gasteiger partial charge in [0.25, 0.3) is 0 Å². The lowest BCUT2D eigenvalue weighted by molar-refractivity contribution is 0.173. The standard InChI is InChI=1S/C32H36N4O4/c1-3-4-14-36-27(26(17-33-2)34-32(36)25-8-6-5-7-9-25)20-35(18-23-10-12-28-30(15-23)39-21-37-28)19-24-11-13-29-31(16-24)40-22-38-29/h5-13,15-16,33H,3-4,14,17-22H2,1-2H3. The number of rotatable bonds is 12. The van der Waals surface area contributed by atoms with Crippen molar-refractivity contribution in [3.63, 3.8) is 0 Å². The Balaban J connectivity index is 1.37. The van der Waals surface area contributed by atoms with E-state index in [0.717, 1.165) is 79.1 Å². The van der Waals surface area contributed by atoms with E-state index in [2.05, 4.69) is 76.3 Å². The van der Waals surface area contributed by atoms with Crippen LogP contribution in [0.3, 0.4) is 0 Å². The Kier molecular flexibility index (Phi) is 7.88. The number of hydrogen-bond acceptors (Lipinski definition) is 7. The average Bonchev–Trinajstić information content (AvgIpc) is 3.71. The minimum Gasteiger partial charge on any atom is -0.454 e. The number of fused-ring (bicyclic) bond motifs is 2. The number of nitrogens with zero attached hydrogens (tertiary/aromatic N) is 3. The summed E-state index contributed by atoms with van der Waals surface area (Å²) in [6.45, 7) is 6.62. The van der Waals surface area contributed by atoms with Crippen molar-refractivity contribution >= 4 is 0 Å². The van der Waals surface area contributed by atoms with Gasteiger partial charge < -0.3 is 28.8 Å². The van der Waals surface area contributed by atoms with Crippen LogP contribution in [0.4, 0.5) is 0 Å². The fourth-order valence-electron chi connectivity index (χ4n) is 5.36. The number of ether oxygens (including phenoxy) is 4. The zero-order valence-electron chi connectivity index (χ0n) is 23.2. The summed E-state index contributed by atoms with van der Waals surface area (Å²) in [5.74, 6) is 4.23. The zero-order valence-corrected chi connectivity index (χ0v) is 23.2. The molecule has 0 radical (unpaired) electrons. The first-order valence-electron chi connectivity index (χ1n) is 14.0. The van der Waals surface area contributed by atoms with Crippen LogP contribution >= 0.6 is 0 Å². The normalized spacial score (nSPS) is 13.4. The van der Waals surface area contributed by atoms with Gasteiger partial charge in [-0.3, -0.25) is 4.90 Å². The van der Waals surface area contributed by atoms with Gasteiger partial charge in [-0.05, 0) is 48.9 Å². The minimum atomic E-state index is 0.270. The lowest BCUT2D eigenvalue weighted by atomic mass is 10.1.